The van der Waals surface area contributed by atoms with Crippen molar-refractivity contribution in [2.75, 3.05) is 11.4 Å². The Kier molecular flexibility index (Phi) is 2.41. The Balaban J connectivity index is 2.42. The Bertz CT molecular complexity index is 403. The number of nitrogens with zero attached hydrogens (tertiary/aromatic N) is 1. The lowest BCUT2D eigenvalue weighted by Gasteiger charge is -2.31. The van der Waals surface area contributed by atoms with Gasteiger partial charge in [-0.25, -0.2) is 0 Å². The molecule has 0 saturated heterocycles. The average molecular weight is 205 g/mol. The monoisotopic (exact) mass is 205 g/mol. The van der Waals surface area contributed by atoms with E-state index in [0.29, 0.717) is 12.0 Å². The molecule has 0 aromatic heterocycles. The van der Waals surface area contributed by atoms with Crippen LogP contribution in [-0.4, -0.2) is 24.8 Å². The van der Waals surface area contributed by atoms with E-state index in [1.54, 1.807) is 17.0 Å². The molecular formula is C11H11NO3. The van der Waals surface area contributed by atoms with E-state index >= 15 is 0 Å². The predicted molar refractivity (Wildman–Crippen MR) is 54.9 cm³/mol. The van der Waals surface area contributed by atoms with E-state index < -0.39 is 6.10 Å². The van der Waals surface area contributed by atoms with E-state index in [1.807, 2.05) is 12.1 Å². The molecule has 0 aliphatic carbocycles. The van der Waals surface area contributed by atoms with Crippen molar-refractivity contribution in [3.05, 3.63) is 24.3 Å². The highest BCUT2D eigenvalue weighted by Crippen LogP contribution is 2.32. The van der Waals surface area contributed by atoms with Crippen LogP contribution >= 0.6 is 0 Å². The highest BCUT2D eigenvalue weighted by Gasteiger charge is 2.27. The van der Waals surface area contributed by atoms with Crippen molar-refractivity contribution >= 4 is 17.9 Å². The van der Waals surface area contributed by atoms with Crippen molar-refractivity contribution in [3.63, 3.8) is 0 Å². The smallest absolute Gasteiger partial charge is 0.224 e. The number of para-hydroxylation sites is 2. The first-order valence-electron chi connectivity index (χ1n) is 4.71. The summed E-state index contributed by atoms with van der Waals surface area (Å²) < 4.78 is 5.40. The molecule has 1 atom stereocenters. The minimum atomic E-state index is -0.566. The number of ether oxygens (including phenoxy) is 1. The van der Waals surface area contributed by atoms with Crippen LogP contribution in [-0.2, 0) is 9.59 Å². The van der Waals surface area contributed by atoms with Crippen molar-refractivity contribution in [2.45, 2.75) is 13.0 Å². The maximum Gasteiger partial charge on any atom is 0.224 e. The van der Waals surface area contributed by atoms with Gasteiger partial charge in [-0.05, 0) is 12.1 Å². The minimum Gasteiger partial charge on any atom is -0.479 e. The fourth-order valence-electron chi connectivity index (χ4n) is 1.63. The molecule has 0 N–H and O–H groups in total. The lowest BCUT2D eigenvalue weighted by molar-refractivity contribution is -0.118. The highest BCUT2D eigenvalue weighted by atomic mass is 16.5. The molecule has 1 unspecified atom stereocenters. The number of amides is 1. The second kappa shape index (κ2) is 3.73. The summed E-state index contributed by atoms with van der Waals surface area (Å²) in [7, 11) is 0. The van der Waals surface area contributed by atoms with E-state index in [2.05, 4.69) is 0 Å². The first-order chi connectivity index (χ1) is 7.22. The van der Waals surface area contributed by atoms with Gasteiger partial charge in [0.05, 0.1) is 12.2 Å². The number of benzene rings is 1. The molecule has 1 aliphatic rings. The fourth-order valence-corrected chi connectivity index (χ4v) is 1.63. The van der Waals surface area contributed by atoms with Crippen molar-refractivity contribution in [1.29, 1.82) is 0 Å². The van der Waals surface area contributed by atoms with Gasteiger partial charge >= 0.3 is 0 Å². The van der Waals surface area contributed by atoms with E-state index in [4.69, 9.17) is 4.74 Å². The first-order valence-corrected chi connectivity index (χ1v) is 4.71. The number of anilines is 1. The molecule has 0 radical (unpaired) electrons. The number of fused-ring (bicyclic) bond motifs is 1. The molecule has 4 nitrogen and oxygen atoms in total. The molecule has 0 saturated carbocycles. The predicted octanol–water partition coefficient (Wildman–Crippen LogP) is 0.999. The molecule has 1 aliphatic heterocycles. The van der Waals surface area contributed by atoms with Crippen LogP contribution in [0.4, 0.5) is 5.69 Å². The zero-order valence-electron chi connectivity index (χ0n) is 8.34. The summed E-state index contributed by atoms with van der Waals surface area (Å²) in [5.74, 6) is 0.494. The Morgan fingerprint density at radius 3 is 2.93 bits per heavy atom. The summed E-state index contributed by atoms with van der Waals surface area (Å²) >= 11 is 0. The molecular weight excluding hydrogens is 194 g/mol. The van der Waals surface area contributed by atoms with Gasteiger partial charge in [-0.15, -0.1) is 0 Å². The van der Waals surface area contributed by atoms with Gasteiger partial charge in [0.2, 0.25) is 5.91 Å². The number of aldehydes is 1. The SMILES string of the molecule is CC(=O)N1CC(C=O)Oc2ccccc21. The molecule has 1 heterocycles. The van der Waals surface area contributed by atoms with Gasteiger partial charge in [0, 0.05) is 6.92 Å². The van der Waals surface area contributed by atoms with Gasteiger partial charge in [-0.1, -0.05) is 12.1 Å². The molecule has 0 spiro atoms. The summed E-state index contributed by atoms with van der Waals surface area (Å²) in [6.07, 6.45) is 0.148. The quantitative estimate of drug-likeness (QED) is 0.642. The number of hydrogen-bond acceptors (Lipinski definition) is 3. The third-order valence-corrected chi connectivity index (χ3v) is 2.33. The third kappa shape index (κ3) is 1.70. The standard InChI is InChI=1S/C11H11NO3/c1-8(14)12-6-9(7-13)15-11-5-3-2-4-10(11)12/h2-5,7,9H,6H2,1H3. The summed E-state index contributed by atoms with van der Waals surface area (Å²) in [4.78, 5) is 23.6. The lowest BCUT2D eigenvalue weighted by Crippen LogP contribution is -2.43. The van der Waals surface area contributed by atoms with Gasteiger partial charge in [0.15, 0.2) is 12.4 Å². The van der Waals surface area contributed by atoms with Crippen LogP contribution < -0.4 is 9.64 Å². The second-order valence-electron chi connectivity index (χ2n) is 3.39. The Morgan fingerprint density at radius 2 is 2.27 bits per heavy atom. The topological polar surface area (TPSA) is 46.6 Å². The Labute approximate surface area is 87.4 Å². The molecule has 1 aromatic rings. The molecule has 78 valence electrons. The summed E-state index contributed by atoms with van der Waals surface area (Å²) in [5, 5.41) is 0. The van der Waals surface area contributed by atoms with Gasteiger partial charge in [-0.2, -0.15) is 0 Å². The molecule has 0 bridgehead atoms. The van der Waals surface area contributed by atoms with Crippen molar-refractivity contribution < 1.29 is 14.3 Å². The van der Waals surface area contributed by atoms with Crippen LogP contribution in [0.15, 0.2) is 24.3 Å². The van der Waals surface area contributed by atoms with E-state index in [-0.39, 0.29) is 12.5 Å². The van der Waals surface area contributed by atoms with Gasteiger partial charge < -0.3 is 9.64 Å². The zero-order valence-corrected chi connectivity index (χ0v) is 8.34. The van der Waals surface area contributed by atoms with Gasteiger partial charge in [0.25, 0.3) is 0 Å². The first kappa shape index (κ1) is 9.71. The minimum absolute atomic E-state index is 0.0856. The number of rotatable bonds is 1. The second-order valence-corrected chi connectivity index (χ2v) is 3.39. The van der Waals surface area contributed by atoms with Crippen LogP contribution in [0.5, 0.6) is 5.75 Å². The number of carbonyl (C=O) groups excluding carboxylic acids is 2. The maximum absolute atomic E-state index is 11.4. The summed E-state index contributed by atoms with van der Waals surface area (Å²) in [5.41, 5.74) is 0.725. The summed E-state index contributed by atoms with van der Waals surface area (Å²) in [6, 6.07) is 7.20. The fraction of sp³-hybridized carbons (Fsp3) is 0.273. The van der Waals surface area contributed by atoms with Crippen LogP contribution in [0.2, 0.25) is 0 Å². The Hall–Kier alpha value is -1.84. The van der Waals surface area contributed by atoms with E-state index in [1.165, 1.54) is 6.92 Å². The number of hydrogen-bond donors (Lipinski definition) is 0. The zero-order chi connectivity index (χ0) is 10.8. The Morgan fingerprint density at radius 1 is 1.53 bits per heavy atom. The molecule has 4 heteroatoms. The van der Waals surface area contributed by atoms with Crippen molar-refractivity contribution in [2.24, 2.45) is 0 Å². The summed E-state index contributed by atoms with van der Waals surface area (Å²) in [6.45, 7) is 1.76. The van der Waals surface area contributed by atoms with E-state index in [9.17, 15) is 9.59 Å². The molecule has 1 aromatic carbocycles. The highest BCUT2D eigenvalue weighted by molar-refractivity contribution is 5.94. The maximum atomic E-state index is 11.4. The van der Waals surface area contributed by atoms with Crippen molar-refractivity contribution in [3.8, 4) is 5.75 Å². The van der Waals surface area contributed by atoms with Crippen molar-refractivity contribution in [1.82, 2.24) is 0 Å². The molecule has 0 fully saturated rings. The van der Waals surface area contributed by atoms with Gasteiger partial charge in [-0.3, -0.25) is 9.59 Å². The normalized spacial score (nSPS) is 19.0. The van der Waals surface area contributed by atoms with E-state index in [0.717, 1.165) is 5.69 Å². The van der Waals surface area contributed by atoms with Gasteiger partial charge in [0.1, 0.15) is 5.75 Å². The molecule has 15 heavy (non-hydrogen) atoms. The largest absolute Gasteiger partial charge is 0.479 e. The van der Waals surface area contributed by atoms with Crippen LogP contribution in [0.3, 0.4) is 0 Å². The third-order valence-electron chi connectivity index (χ3n) is 2.33. The average Bonchev–Trinajstić information content (AvgIpc) is 2.27. The van der Waals surface area contributed by atoms with Crippen LogP contribution in [0.25, 0.3) is 0 Å². The lowest BCUT2D eigenvalue weighted by atomic mass is 10.2. The molecule has 2 rings (SSSR count). The number of carbonyl (C=O) groups is 2. The molecule has 1 amide bonds. The van der Waals surface area contributed by atoms with Crippen LogP contribution in [0, 0.1) is 0 Å². The van der Waals surface area contributed by atoms with Crippen LogP contribution in [0.1, 0.15) is 6.92 Å².